The average molecular weight is 295 g/mol. The number of amides is 1. The van der Waals surface area contributed by atoms with Crippen molar-refractivity contribution in [3.8, 4) is 5.75 Å². The molecule has 22 heavy (non-hydrogen) atoms. The van der Waals surface area contributed by atoms with Gasteiger partial charge in [-0.1, -0.05) is 36.4 Å². The van der Waals surface area contributed by atoms with Gasteiger partial charge < -0.3 is 9.64 Å². The summed E-state index contributed by atoms with van der Waals surface area (Å²) in [5.74, 6) is 0.913. The molecular weight excluding hydrogens is 274 g/mol. The first-order valence-corrected chi connectivity index (χ1v) is 7.75. The van der Waals surface area contributed by atoms with E-state index in [0.717, 1.165) is 23.4 Å². The molecule has 3 nitrogen and oxygen atoms in total. The van der Waals surface area contributed by atoms with Gasteiger partial charge in [-0.3, -0.25) is 4.79 Å². The zero-order valence-electron chi connectivity index (χ0n) is 13.0. The van der Waals surface area contributed by atoms with Crippen LogP contribution in [0.4, 0.5) is 5.69 Å². The number of nitrogens with zero attached hydrogens (tertiary/aromatic N) is 1. The molecule has 1 amide bonds. The Morgan fingerprint density at radius 3 is 2.50 bits per heavy atom. The minimum atomic E-state index is -0.127. The van der Waals surface area contributed by atoms with Crippen LogP contribution in [0.25, 0.3) is 0 Å². The maximum Gasteiger partial charge on any atom is 0.234 e. The van der Waals surface area contributed by atoms with Gasteiger partial charge in [0.25, 0.3) is 0 Å². The van der Waals surface area contributed by atoms with E-state index in [2.05, 4.69) is 0 Å². The van der Waals surface area contributed by atoms with Crippen LogP contribution < -0.4 is 9.64 Å². The first-order valence-electron chi connectivity index (χ1n) is 7.75. The molecule has 3 heteroatoms. The monoisotopic (exact) mass is 295 g/mol. The van der Waals surface area contributed by atoms with Gasteiger partial charge in [0.2, 0.25) is 5.91 Å². The second-order valence-corrected chi connectivity index (χ2v) is 5.96. The largest absolute Gasteiger partial charge is 0.492 e. The first kappa shape index (κ1) is 14.6. The molecule has 0 N–H and O–H groups in total. The molecule has 1 aliphatic rings. The second-order valence-electron chi connectivity index (χ2n) is 5.96. The van der Waals surface area contributed by atoms with Crippen molar-refractivity contribution in [2.45, 2.75) is 26.3 Å². The molecule has 0 radical (unpaired) electrons. The Bertz CT molecular complexity index is 651. The van der Waals surface area contributed by atoms with Crippen LogP contribution in [-0.2, 0) is 11.2 Å². The molecule has 3 rings (SSSR count). The number of ether oxygens (including phenoxy) is 1. The molecule has 114 valence electrons. The maximum absolute atomic E-state index is 13.0. The van der Waals surface area contributed by atoms with Gasteiger partial charge in [0.1, 0.15) is 12.4 Å². The van der Waals surface area contributed by atoms with Gasteiger partial charge in [0.15, 0.2) is 0 Å². The molecule has 0 saturated heterocycles. The van der Waals surface area contributed by atoms with E-state index >= 15 is 0 Å². The summed E-state index contributed by atoms with van der Waals surface area (Å²) in [5, 5.41) is 0. The lowest BCUT2D eigenvalue weighted by atomic mass is 9.95. The quantitative estimate of drug-likeness (QED) is 0.864. The van der Waals surface area contributed by atoms with Gasteiger partial charge in [-0.15, -0.1) is 0 Å². The highest BCUT2D eigenvalue weighted by Gasteiger charge is 2.31. The summed E-state index contributed by atoms with van der Waals surface area (Å²) in [6.45, 7) is 4.54. The molecule has 1 unspecified atom stereocenters. The predicted molar refractivity (Wildman–Crippen MR) is 88.2 cm³/mol. The van der Waals surface area contributed by atoms with Gasteiger partial charge in [-0.2, -0.15) is 0 Å². The molecule has 2 aromatic carbocycles. The number of hydrogen-bond donors (Lipinski definition) is 0. The van der Waals surface area contributed by atoms with E-state index in [4.69, 9.17) is 4.74 Å². The van der Waals surface area contributed by atoms with E-state index in [1.54, 1.807) is 0 Å². The van der Waals surface area contributed by atoms with Crippen LogP contribution in [0.5, 0.6) is 5.75 Å². The fourth-order valence-corrected chi connectivity index (χ4v) is 2.95. The minimum absolute atomic E-state index is 0.118. The number of para-hydroxylation sites is 2. The Labute approximate surface area is 131 Å². The van der Waals surface area contributed by atoms with Crippen LogP contribution in [0, 0.1) is 5.92 Å². The molecule has 0 spiro atoms. The normalized spacial score (nSPS) is 16.8. The topological polar surface area (TPSA) is 29.5 Å². The summed E-state index contributed by atoms with van der Waals surface area (Å²) in [4.78, 5) is 14.9. The van der Waals surface area contributed by atoms with Crippen molar-refractivity contribution in [1.29, 1.82) is 0 Å². The number of hydrogen-bond acceptors (Lipinski definition) is 2. The molecule has 1 aliphatic heterocycles. The molecule has 0 bridgehead atoms. The lowest BCUT2D eigenvalue weighted by Gasteiger charge is -2.33. The van der Waals surface area contributed by atoms with Crippen LogP contribution in [0.2, 0.25) is 0 Å². The van der Waals surface area contributed by atoms with Crippen LogP contribution in [-0.4, -0.2) is 18.6 Å². The van der Waals surface area contributed by atoms with Crippen molar-refractivity contribution in [2.24, 2.45) is 5.92 Å². The Hall–Kier alpha value is -2.29. The van der Waals surface area contributed by atoms with Crippen LogP contribution in [0.1, 0.15) is 19.4 Å². The van der Waals surface area contributed by atoms with E-state index in [9.17, 15) is 4.79 Å². The number of carbonyl (C=O) groups is 1. The van der Waals surface area contributed by atoms with E-state index in [1.165, 1.54) is 0 Å². The van der Waals surface area contributed by atoms with Crippen molar-refractivity contribution in [3.05, 3.63) is 60.2 Å². The highest BCUT2D eigenvalue weighted by molar-refractivity contribution is 5.96. The van der Waals surface area contributed by atoms with Gasteiger partial charge in [0.05, 0.1) is 5.92 Å². The highest BCUT2D eigenvalue weighted by atomic mass is 16.5. The second kappa shape index (κ2) is 6.22. The van der Waals surface area contributed by atoms with Crippen molar-refractivity contribution >= 4 is 11.6 Å². The SMILES string of the molecule is CC(C)N(C(=O)C1COc2ccccc2C1)c1ccccc1. The Morgan fingerprint density at radius 1 is 1.09 bits per heavy atom. The maximum atomic E-state index is 13.0. The number of fused-ring (bicyclic) bond motifs is 1. The minimum Gasteiger partial charge on any atom is -0.492 e. The third-order valence-electron chi connectivity index (χ3n) is 4.02. The number of carbonyl (C=O) groups excluding carboxylic acids is 1. The van der Waals surface area contributed by atoms with Crippen molar-refractivity contribution in [3.63, 3.8) is 0 Å². The van der Waals surface area contributed by atoms with Crippen molar-refractivity contribution in [1.82, 2.24) is 0 Å². The number of rotatable bonds is 3. The molecule has 1 heterocycles. The van der Waals surface area contributed by atoms with E-state index in [-0.39, 0.29) is 17.9 Å². The molecular formula is C19H21NO2. The van der Waals surface area contributed by atoms with Gasteiger partial charge in [-0.25, -0.2) is 0 Å². The van der Waals surface area contributed by atoms with Gasteiger partial charge >= 0.3 is 0 Å². The Balaban J connectivity index is 1.83. The predicted octanol–water partition coefficient (Wildman–Crippen LogP) is 3.68. The lowest BCUT2D eigenvalue weighted by Crippen LogP contribution is -2.44. The third kappa shape index (κ3) is 2.84. The van der Waals surface area contributed by atoms with Crippen LogP contribution >= 0.6 is 0 Å². The fraction of sp³-hybridized carbons (Fsp3) is 0.316. The molecule has 0 saturated carbocycles. The van der Waals surface area contributed by atoms with Crippen LogP contribution in [0.15, 0.2) is 54.6 Å². The molecule has 0 aromatic heterocycles. The number of benzene rings is 2. The molecule has 1 atom stereocenters. The zero-order chi connectivity index (χ0) is 15.5. The van der Waals surface area contributed by atoms with E-state index in [1.807, 2.05) is 73.3 Å². The zero-order valence-corrected chi connectivity index (χ0v) is 13.0. The van der Waals surface area contributed by atoms with E-state index in [0.29, 0.717) is 6.61 Å². The molecule has 0 fully saturated rings. The standard InChI is InChI=1S/C19H21NO2/c1-14(2)20(17-9-4-3-5-10-17)19(21)16-12-15-8-6-7-11-18(15)22-13-16/h3-11,14,16H,12-13H2,1-2H3. The summed E-state index contributed by atoms with van der Waals surface area (Å²) >= 11 is 0. The fourth-order valence-electron chi connectivity index (χ4n) is 2.95. The lowest BCUT2D eigenvalue weighted by molar-refractivity contribution is -0.124. The summed E-state index contributed by atoms with van der Waals surface area (Å²) in [6, 6.07) is 17.9. The molecule has 0 aliphatic carbocycles. The molecule has 2 aromatic rings. The third-order valence-corrected chi connectivity index (χ3v) is 4.02. The smallest absolute Gasteiger partial charge is 0.234 e. The van der Waals surface area contributed by atoms with Crippen molar-refractivity contribution < 1.29 is 9.53 Å². The first-order chi connectivity index (χ1) is 10.7. The highest BCUT2D eigenvalue weighted by Crippen LogP contribution is 2.29. The number of anilines is 1. The van der Waals surface area contributed by atoms with E-state index < -0.39 is 0 Å². The summed E-state index contributed by atoms with van der Waals surface area (Å²) < 4.78 is 5.78. The van der Waals surface area contributed by atoms with Gasteiger partial charge in [-0.05, 0) is 44.0 Å². The average Bonchev–Trinajstić information content (AvgIpc) is 2.55. The van der Waals surface area contributed by atoms with Gasteiger partial charge in [0, 0.05) is 11.7 Å². The summed E-state index contributed by atoms with van der Waals surface area (Å²) in [5.41, 5.74) is 2.06. The Kier molecular flexibility index (Phi) is 4.14. The van der Waals surface area contributed by atoms with Crippen LogP contribution in [0.3, 0.4) is 0 Å². The summed E-state index contributed by atoms with van der Waals surface area (Å²) in [6.07, 6.45) is 0.741. The summed E-state index contributed by atoms with van der Waals surface area (Å²) in [7, 11) is 0. The Morgan fingerprint density at radius 2 is 1.77 bits per heavy atom. The van der Waals surface area contributed by atoms with Crippen molar-refractivity contribution in [2.75, 3.05) is 11.5 Å².